The van der Waals surface area contributed by atoms with Crippen molar-refractivity contribution in [3.63, 3.8) is 0 Å². The highest BCUT2D eigenvalue weighted by molar-refractivity contribution is 5.73. The first-order chi connectivity index (χ1) is 29.8. The Morgan fingerprint density at radius 2 is 1.39 bits per heavy atom. The third-order valence-corrected chi connectivity index (χ3v) is 18.9. The zero-order chi connectivity index (χ0) is 46.9. The largest absolute Gasteiger partial charge is 0.479 e. The van der Waals surface area contributed by atoms with Crippen LogP contribution in [0.15, 0.2) is 11.6 Å². The van der Waals surface area contributed by atoms with Crippen LogP contribution in [0.25, 0.3) is 0 Å². The Kier molecular flexibility index (Phi) is 13.0. The molecule has 23 atom stereocenters. The van der Waals surface area contributed by atoms with Gasteiger partial charge in [0.1, 0.15) is 54.9 Å². The number of ether oxygens (including phenoxy) is 6. The lowest BCUT2D eigenvalue weighted by atomic mass is 9.33. The standard InChI is InChI=1S/C47H76O17/c1-21-28(50)30(52)34(56)40(60-21)61-25-19-59-39(33(55)29(25)51)63-36-32(54)31(53)35(38(57)58)62-41(36)64-37-24(49)18-44(6)26(43(37,4)5)11-12-46(8)27(44)10-9-22-23-17-42(2,3)13-15-47(23,20-48)16-14-45(22,46)7/h9,21,23-37,39-41,48-56H,10-20H2,1-8H3,(H,57,58)/t21-,23+,24-,25+,26-,27+,28-,29-,30+,31-,32-,33+,34+,35-,36+,37-,39-,40-,41-,44-,45+,46+,47+/m0/s1. The van der Waals surface area contributed by atoms with E-state index >= 15 is 0 Å². The molecular weight excluding hydrogens is 837 g/mol. The number of hydrogen-bond acceptors (Lipinski definition) is 16. The molecule has 64 heavy (non-hydrogen) atoms. The van der Waals surface area contributed by atoms with Crippen molar-refractivity contribution in [2.24, 2.45) is 50.2 Å². The van der Waals surface area contributed by atoms with Crippen LogP contribution in [-0.4, -0.2) is 168 Å². The molecule has 0 radical (unpaired) electrons. The monoisotopic (exact) mass is 913 g/mol. The summed E-state index contributed by atoms with van der Waals surface area (Å²) in [6.07, 6.45) is -14.4. The zero-order valence-corrected chi connectivity index (χ0v) is 38.7. The fraction of sp³-hybridized carbons (Fsp3) is 0.936. The van der Waals surface area contributed by atoms with Crippen molar-refractivity contribution in [3.8, 4) is 0 Å². The van der Waals surface area contributed by atoms with Crippen LogP contribution in [0.3, 0.4) is 0 Å². The summed E-state index contributed by atoms with van der Waals surface area (Å²) in [4.78, 5) is 12.3. The normalized spacial score (nSPS) is 54.6. The van der Waals surface area contributed by atoms with Gasteiger partial charge in [0.05, 0.1) is 24.9 Å². The molecule has 17 nitrogen and oxygen atoms in total. The van der Waals surface area contributed by atoms with Crippen LogP contribution in [0.1, 0.15) is 113 Å². The van der Waals surface area contributed by atoms with Gasteiger partial charge in [-0.25, -0.2) is 4.79 Å². The smallest absolute Gasteiger partial charge is 0.335 e. The minimum absolute atomic E-state index is 0.0297. The Labute approximate surface area is 376 Å². The second-order valence-corrected chi connectivity index (χ2v) is 23.3. The second-order valence-electron chi connectivity index (χ2n) is 23.3. The van der Waals surface area contributed by atoms with Gasteiger partial charge < -0.3 is 79.5 Å². The molecule has 0 amide bonds. The fourth-order valence-corrected chi connectivity index (χ4v) is 14.9. The van der Waals surface area contributed by atoms with Crippen molar-refractivity contribution in [2.45, 2.75) is 211 Å². The van der Waals surface area contributed by atoms with Crippen LogP contribution in [0.4, 0.5) is 0 Å². The van der Waals surface area contributed by atoms with E-state index in [2.05, 4.69) is 40.7 Å². The molecule has 3 saturated heterocycles. The number of aliphatic hydroxyl groups excluding tert-OH is 9. The molecule has 7 fully saturated rings. The van der Waals surface area contributed by atoms with Crippen molar-refractivity contribution in [3.05, 3.63) is 11.6 Å². The van der Waals surface area contributed by atoms with Crippen molar-refractivity contribution < 1.29 is 84.3 Å². The SMILES string of the molecule is C[C@@H]1O[C@@H](O[C@@H]2CO[C@@H](O[C@H]3[C@H](O[C@H]4[C@@H](O)C[C@]5(C)[C@H]6CC=C7[C@H]8CC(C)(C)CC[C@]8(CO)CC[C@@]7(C)[C@]6(C)CC[C@H]5C4(C)C)O[C@H](C(=O)O)[C@@H](O)[C@@H]3O)[C@H](O)[C@H]2O)[C@H](O)[C@H](O)[C@H]1O. The van der Waals surface area contributed by atoms with E-state index in [4.69, 9.17) is 28.4 Å². The molecule has 3 heterocycles. The maximum atomic E-state index is 12.3. The number of carboxylic acids is 1. The Morgan fingerprint density at radius 3 is 2.06 bits per heavy atom. The van der Waals surface area contributed by atoms with E-state index in [0.29, 0.717) is 12.3 Å². The van der Waals surface area contributed by atoms with E-state index < -0.39 is 116 Å². The molecule has 0 spiro atoms. The van der Waals surface area contributed by atoms with Crippen LogP contribution >= 0.6 is 0 Å². The second kappa shape index (κ2) is 16.9. The Balaban J connectivity index is 1.02. The quantitative estimate of drug-likeness (QED) is 0.122. The van der Waals surface area contributed by atoms with Crippen LogP contribution < -0.4 is 0 Å². The predicted molar refractivity (Wildman–Crippen MR) is 225 cm³/mol. The minimum atomic E-state index is -2.01. The van der Waals surface area contributed by atoms with Crippen molar-refractivity contribution >= 4 is 5.97 Å². The van der Waals surface area contributed by atoms with Gasteiger partial charge >= 0.3 is 5.97 Å². The number of fused-ring (bicyclic) bond motifs is 7. The Morgan fingerprint density at radius 1 is 0.719 bits per heavy atom. The Bertz CT molecular complexity index is 1760. The number of rotatable bonds is 8. The molecule has 10 N–H and O–H groups in total. The summed E-state index contributed by atoms with van der Waals surface area (Å²) in [6.45, 7) is 17.2. The predicted octanol–water partition coefficient (Wildman–Crippen LogP) is 1.34. The molecule has 17 heteroatoms. The minimum Gasteiger partial charge on any atom is -0.479 e. The van der Waals surface area contributed by atoms with E-state index in [1.165, 1.54) is 12.5 Å². The maximum Gasteiger partial charge on any atom is 0.335 e. The summed E-state index contributed by atoms with van der Waals surface area (Å²) in [5.41, 5.74) is 0.354. The first-order valence-electron chi connectivity index (χ1n) is 23.6. The molecule has 8 aliphatic rings. The van der Waals surface area contributed by atoms with Gasteiger partial charge in [-0.3, -0.25) is 0 Å². The van der Waals surface area contributed by atoms with Gasteiger partial charge in [-0.2, -0.15) is 0 Å². The summed E-state index contributed by atoms with van der Waals surface area (Å²) >= 11 is 0. The number of allylic oxidation sites excluding steroid dienone is 2. The number of carbonyl (C=O) groups is 1. The molecule has 0 bridgehead atoms. The van der Waals surface area contributed by atoms with Crippen molar-refractivity contribution in [1.29, 1.82) is 0 Å². The molecular formula is C47H76O17. The topological polar surface area (TPSA) is 275 Å². The molecule has 8 rings (SSSR count). The van der Waals surface area contributed by atoms with Crippen molar-refractivity contribution in [2.75, 3.05) is 13.2 Å². The molecule has 366 valence electrons. The van der Waals surface area contributed by atoms with E-state index in [1.807, 2.05) is 13.8 Å². The number of carboxylic acid groups (broad SMARTS) is 1. The van der Waals surface area contributed by atoms with Crippen molar-refractivity contribution in [1.82, 2.24) is 0 Å². The summed E-state index contributed by atoms with van der Waals surface area (Å²) in [5, 5.41) is 109. The highest BCUT2D eigenvalue weighted by atomic mass is 16.8. The molecule has 3 aliphatic heterocycles. The molecule has 0 unspecified atom stereocenters. The number of aliphatic hydroxyl groups is 9. The van der Waals surface area contributed by atoms with Gasteiger partial charge in [0.15, 0.2) is 25.0 Å². The van der Waals surface area contributed by atoms with Gasteiger partial charge in [-0.15, -0.1) is 0 Å². The lowest BCUT2D eigenvalue weighted by molar-refractivity contribution is -0.379. The molecule has 5 aliphatic carbocycles. The van der Waals surface area contributed by atoms with E-state index in [-0.39, 0.29) is 45.5 Å². The van der Waals surface area contributed by atoms with Crippen LogP contribution in [0, 0.1) is 50.2 Å². The van der Waals surface area contributed by atoms with Crippen LogP contribution in [-0.2, 0) is 33.2 Å². The highest BCUT2D eigenvalue weighted by Crippen LogP contribution is 2.76. The van der Waals surface area contributed by atoms with Crippen LogP contribution in [0.5, 0.6) is 0 Å². The van der Waals surface area contributed by atoms with Gasteiger partial charge in [0.25, 0.3) is 0 Å². The van der Waals surface area contributed by atoms with Crippen LogP contribution in [0.2, 0.25) is 0 Å². The first-order valence-corrected chi connectivity index (χ1v) is 23.6. The molecule has 0 aromatic carbocycles. The third kappa shape index (κ3) is 7.58. The Hall–Kier alpha value is -1.39. The summed E-state index contributed by atoms with van der Waals surface area (Å²) < 4.78 is 35.4. The average molecular weight is 913 g/mol. The van der Waals surface area contributed by atoms with E-state index in [1.54, 1.807) is 0 Å². The van der Waals surface area contributed by atoms with E-state index in [0.717, 1.165) is 51.4 Å². The summed E-state index contributed by atoms with van der Waals surface area (Å²) in [7, 11) is 0. The zero-order valence-electron chi connectivity index (χ0n) is 38.7. The van der Waals surface area contributed by atoms with Gasteiger partial charge in [-0.1, -0.05) is 60.1 Å². The average Bonchev–Trinajstić information content (AvgIpc) is 3.22. The first kappa shape index (κ1) is 49.0. The van der Waals surface area contributed by atoms with Gasteiger partial charge in [0, 0.05) is 12.0 Å². The maximum absolute atomic E-state index is 12.3. The number of aliphatic carboxylic acids is 1. The highest BCUT2D eigenvalue weighted by Gasteiger charge is 2.70. The lowest BCUT2D eigenvalue weighted by Gasteiger charge is -2.72. The van der Waals surface area contributed by atoms with Gasteiger partial charge in [-0.05, 0) is 110 Å². The number of hydrogen-bond donors (Lipinski definition) is 10. The summed E-state index contributed by atoms with van der Waals surface area (Å²) in [6, 6.07) is 0. The van der Waals surface area contributed by atoms with E-state index in [9.17, 15) is 55.9 Å². The van der Waals surface area contributed by atoms with Gasteiger partial charge in [0.2, 0.25) is 0 Å². The lowest BCUT2D eigenvalue weighted by Crippen LogP contribution is -2.69. The molecule has 4 saturated carbocycles. The fourth-order valence-electron chi connectivity index (χ4n) is 14.9. The molecule has 0 aromatic rings. The molecule has 0 aromatic heterocycles. The summed E-state index contributed by atoms with van der Waals surface area (Å²) in [5.74, 6) is -1.00. The third-order valence-electron chi connectivity index (χ3n) is 18.9.